The van der Waals surface area contributed by atoms with Gasteiger partial charge in [0, 0.05) is 26.2 Å². The Balaban J connectivity index is 2.05. The number of urea groups is 1. The lowest BCUT2D eigenvalue weighted by atomic mass is 10.2. The second-order valence-corrected chi connectivity index (χ2v) is 5.31. The summed E-state index contributed by atoms with van der Waals surface area (Å²) in [5.74, 6) is 0. The SMILES string of the molecule is CCC(O)CN(Cc1ccccc1)C(=O)N1CCOCC1. The molecule has 5 heteroatoms. The summed E-state index contributed by atoms with van der Waals surface area (Å²) in [7, 11) is 0. The Bertz CT molecular complexity index is 432. The highest BCUT2D eigenvalue weighted by atomic mass is 16.5. The van der Waals surface area contributed by atoms with Crippen molar-refractivity contribution in [3.05, 3.63) is 35.9 Å². The summed E-state index contributed by atoms with van der Waals surface area (Å²) in [5.41, 5.74) is 1.07. The number of carbonyl (C=O) groups is 1. The lowest BCUT2D eigenvalue weighted by Crippen LogP contribution is -2.49. The van der Waals surface area contributed by atoms with Crippen LogP contribution in [0.5, 0.6) is 0 Å². The molecule has 116 valence electrons. The number of rotatable bonds is 5. The van der Waals surface area contributed by atoms with E-state index in [-0.39, 0.29) is 6.03 Å². The fourth-order valence-corrected chi connectivity index (χ4v) is 2.35. The smallest absolute Gasteiger partial charge is 0.320 e. The monoisotopic (exact) mass is 292 g/mol. The molecule has 1 aliphatic heterocycles. The van der Waals surface area contributed by atoms with Crippen LogP contribution in [-0.4, -0.2) is 59.9 Å². The van der Waals surface area contributed by atoms with Gasteiger partial charge in [-0.05, 0) is 12.0 Å². The topological polar surface area (TPSA) is 53.0 Å². The molecule has 1 aromatic rings. The summed E-state index contributed by atoms with van der Waals surface area (Å²) in [6.07, 6.45) is 0.153. The zero-order valence-corrected chi connectivity index (χ0v) is 12.6. The quantitative estimate of drug-likeness (QED) is 0.899. The van der Waals surface area contributed by atoms with Gasteiger partial charge in [0.2, 0.25) is 0 Å². The maximum Gasteiger partial charge on any atom is 0.320 e. The normalized spacial score (nSPS) is 16.6. The minimum Gasteiger partial charge on any atom is -0.391 e. The van der Waals surface area contributed by atoms with E-state index < -0.39 is 6.10 Å². The maximum absolute atomic E-state index is 12.6. The van der Waals surface area contributed by atoms with Crippen molar-refractivity contribution in [2.45, 2.75) is 26.0 Å². The van der Waals surface area contributed by atoms with Crippen molar-refractivity contribution in [1.29, 1.82) is 0 Å². The summed E-state index contributed by atoms with van der Waals surface area (Å²) in [4.78, 5) is 16.2. The molecule has 2 rings (SSSR count). The van der Waals surface area contributed by atoms with Crippen LogP contribution in [0.1, 0.15) is 18.9 Å². The largest absolute Gasteiger partial charge is 0.391 e. The third-order valence-corrected chi connectivity index (χ3v) is 3.67. The zero-order chi connectivity index (χ0) is 15.1. The summed E-state index contributed by atoms with van der Waals surface area (Å²) < 4.78 is 5.29. The van der Waals surface area contributed by atoms with Crippen LogP contribution >= 0.6 is 0 Å². The number of morpholine rings is 1. The number of benzene rings is 1. The number of nitrogens with zero attached hydrogens (tertiary/aromatic N) is 2. The molecular formula is C16H24N2O3. The molecule has 1 N–H and O–H groups in total. The molecule has 1 heterocycles. The minimum absolute atomic E-state index is 0.0188. The van der Waals surface area contributed by atoms with Crippen LogP contribution in [0.25, 0.3) is 0 Å². The lowest BCUT2D eigenvalue weighted by molar-refractivity contribution is 0.0363. The first-order valence-electron chi connectivity index (χ1n) is 7.54. The lowest BCUT2D eigenvalue weighted by Gasteiger charge is -2.34. The first-order valence-corrected chi connectivity index (χ1v) is 7.54. The van der Waals surface area contributed by atoms with E-state index in [9.17, 15) is 9.90 Å². The average Bonchev–Trinajstić information content (AvgIpc) is 2.55. The van der Waals surface area contributed by atoms with Crippen molar-refractivity contribution in [3.8, 4) is 0 Å². The summed E-state index contributed by atoms with van der Waals surface area (Å²) >= 11 is 0. The van der Waals surface area contributed by atoms with Crippen molar-refractivity contribution in [3.63, 3.8) is 0 Å². The van der Waals surface area contributed by atoms with Gasteiger partial charge in [0.05, 0.1) is 19.3 Å². The second kappa shape index (κ2) is 8.00. The van der Waals surface area contributed by atoms with Gasteiger partial charge < -0.3 is 19.6 Å². The molecule has 0 aromatic heterocycles. The van der Waals surface area contributed by atoms with Gasteiger partial charge in [0.25, 0.3) is 0 Å². The highest BCUT2D eigenvalue weighted by Crippen LogP contribution is 2.11. The number of carbonyl (C=O) groups excluding carboxylic acids is 1. The van der Waals surface area contributed by atoms with E-state index >= 15 is 0 Å². The molecule has 21 heavy (non-hydrogen) atoms. The standard InChI is InChI=1S/C16H24N2O3/c1-2-15(19)13-18(12-14-6-4-3-5-7-14)16(20)17-8-10-21-11-9-17/h3-7,15,19H,2,8-13H2,1H3. The van der Waals surface area contributed by atoms with E-state index in [4.69, 9.17) is 4.74 Å². The van der Waals surface area contributed by atoms with Gasteiger partial charge in [-0.3, -0.25) is 0 Å². The van der Waals surface area contributed by atoms with Gasteiger partial charge in [-0.1, -0.05) is 37.3 Å². The molecule has 0 aliphatic carbocycles. The molecule has 0 spiro atoms. The molecule has 1 fully saturated rings. The number of hydrogen-bond acceptors (Lipinski definition) is 3. The molecule has 0 saturated carbocycles. The summed E-state index contributed by atoms with van der Waals surface area (Å²) in [6, 6.07) is 9.86. The Labute approximate surface area is 126 Å². The third kappa shape index (κ3) is 4.72. The Kier molecular flexibility index (Phi) is 6.02. The van der Waals surface area contributed by atoms with E-state index in [1.807, 2.05) is 37.3 Å². The fourth-order valence-electron chi connectivity index (χ4n) is 2.35. The van der Waals surface area contributed by atoms with E-state index in [1.54, 1.807) is 9.80 Å². The van der Waals surface area contributed by atoms with Crippen molar-refractivity contribution < 1.29 is 14.6 Å². The second-order valence-electron chi connectivity index (χ2n) is 5.31. The zero-order valence-electron chi connectivity index (χ0n) is 12.6. The molecule has 1 aromatic carbocycles. The van der Waals surface area contributed by atoms with Gasteiger partial charge in [0.1, 0.15) is 0 Å². The van der Waals surface area contributed by atoms with E-state index in [0.29, 0.717) is 45.8 Å². The Hall–Kier alpha value is -1.59. The van der Waals surface area contributed by atoms with Gasteiger partial charge in [0.15, 0.2) is 0 Å². The summed E-state index contributed by atoms with van der Waals surface area (Å²) in [5, 5.41) is 9.92. The Morgan fingerprint density at radius 3 is 2.62 bits per heavy atom. The average molecular weight is 292 g/mol. The Morgan fingerprint density at radius 1 is 1.33 bits per heavy atom. The molecule has 1 atom stereocenters. The molecule has 1 saturated heterocycles. The number of hydrogen-bond donors (Lipinski definition) is 1. The molecule has 2 amide bonds. The highest BCUT2D eigenvalue weighted by molar-refractivity contribution is 5.74. The molecule has 0 radical (unpaired) electrons. The van der Waals surface area contributed by atoms with E-state index in [2.05, 4.69) is 0 Å². The van der Waals surface area contributed by atoms with Crippen LogP contribution in [0.4, 0.5) is 4.79 Å². The molecule has 1 unspecified atom stereocenters. The molecule has 1 aliphatic rings. The van der Waals surface area contributed by atoms with Crippen LogP contribution in [0.3, 0.4) is 0 Å². The first-order chi connectivity index (χ1) is 10.2. The van der Waals surface area contributed by atoms with Crippen molar-refractivity contribution in [2.75, 3.05) is 32.8 Å². The van der Waals surface area contributed by atoms with Gasteiger partial charge in [-0.2, -0.15) is 0 Å². The molecular weight excluding hydrogens is 268 g/mol. The van der Waals surface area contributed by atoms with Gasteiger partial charge >= 0.3 is 6.03 Å². The molecule has 0 bridgehead atoms. The van der Waals surface area contributed by atoms with Crippen molar-refractivity contribution >= 4 is 6.03 Å². The van der Waals surface area contributed by atoms with Crippen LogP contribution in [0.15, 0.2) is 30.3 Å². The van der Waals surface area contributed by atoms with Crippen LogP contribution in [0.2, 0.25) is 0 Å². The third-order valence-electron chi connectivity index (χ3n) is 3.67. The van der Waals surface area contributed by atoms with Gasteiger partial charge in [-0.15, -0.1) is 0 Å². The first kappa shape index (κ1) is 15.8. The number of amides is 2. The maximum atomic E-state index is 12.6. The van der Waals surface area contributed by atoms with Crippen molar-refractivity contribution in [1.82, 2.24) is 9.80 Å². The fraction of sp³-hybridized carbons (Fsp3) is 0.562. The number of aliphatic hydroxyl groups excluding tert-OH is 1. The Morgan fingerprint density at radius 2 is 2.00 bits per heavy atom. The van der Waals surface area contributed by atoms with E-state index in [1.165, 1.54) is 0 Å². The molecule has 5 nitrogen and oxygen atoms in total. The van der Waals surface area contributed by atoms with Crippen LogP contribution in [-0.2, 0) is 11.3 Å². The van der Waals surface area contributed by atoms with Gasteiger partial charge in [-0.25, -0.2) is 4.79 Å². The number of aliphatic hydroxyl groups is 1. The summed E-state index contributed by atoms with van der Waals surface area (Å²) in [6.45, 7) is 5.21. The van der Waals surface area contributed by atoms with E-state index in [0.717, 1.165) is 5.56 Å². The van der Waals surface area contributed by atoms with Crippen molar-refractivity contribution in [2.24, 2.45) is 0 Å². The van der Waals surface area contributed by atoms with Crippen LogP contribution in [0, 0.1) is 0 Å². The highest BCUT2D eigenvalue weighted by Gasteiger charge is 2.24. The minimum atomic E-state index is -0.487. The van der Waals surface area contributed by atoms with Crippen LogP contribution < -0.4 is 0 Å². The predicted octanol–water partition coefficient (Wildman–Crippen LogP) is 1.71. The number of ether oxygens (including phenoxy) is 1. The predicted molar refractivity (Wildman–Crippen MR) is 80.9 cm³/mol.